The molecule has 0 saturated heterocycles. The van der Waals surface area contributed by atoms with Crippen molar-refractivity contribution in [3.63, 3.8) is 0 Å². The molecule has 0 aliphatic rings. The van der Waals surface area contributed by atoms with Gasteiger partial charge in [-0.1, -0.05) is 29.5 Å². The molecule has 1 N–H and O–H groups in total. The lowest BCUT2D eigenvalue weighted by atomic mass is 10.1. The zero-order valence-electron chi connectivity index (χ0n) is 12.7. The first-order valence-electron chi connectivity index (χ1n) is 7.01. The Morgan fingerprint density at radius 3 is 2.70 bits per heavy atom. The van der Waals surface area contributed by atoms with Crippen LogP contribution in [0, 0.1) is 6.92 Å². The third-order valence-electron chi connectivity index (χ3n) is 3.25. The molecule has 0 aliphatic heterocycles. The van der Waals surface area contributed by atoms with Gasteiger partial charge in [-0.15, -0.1) is 10.2 Å². The van der Waals surface area contributed by atoms with E-state index in [4.69, 9.17) is 4.74 Å². The second-order valence-corrected chi connectivity index (χ2v) is 6.10. The maximum absolute atomic E-state index is 11.9. The van der Waals surface area contributed by atoms with Crippen molar-refractivity contribution in [1.82, 2.24) is 10.2 Å². The van der Waals surface area contributed by atoms with Crippen LogP contribution < -0.4 is 10.1 Å². The predicted molar refractivity (Wildman–Crippen MR) is 92.8 cm³/mol. The lowest BCUT2D eigenvalue weighted by Crippen LogP contribution is -2.07. The number of aryl methyl sites for hydroxylation is 1. The number of benzene rings is 2. The first-order valence-corrected chi connectivity index (χ1v) is 7.83. The molecule has 0 radical (unpaired) electrons. The van der Waals surface area contributed by atoms with Crippen LogP contribution in [0.5, 0.6) is 5.75 Å². The summed E-state index contributed by atoms with van der Waals surface area (Å²) in [7, 11) is 1.65. The smallest absolute Gasteiger partial charge is 0.250 e. The second kappa shape index (κ2) is 6.58. The number of hydrogen-bond donors (Lipinski definition) is 1. The van der Waals surface area contributed by atoms with Gasteiger partial charge >= 0.3 is 0 Å². The molecule has 3 rings (SSSR count). The Hall–Kier alpha value is -2.73. The molecule has 1 amide bonds. The molecular weight excluding hydrogens is 310 g/mol. The second-order valence-electron chi connectivity index (χ2n) is 4.92. The topological polar surface area (TPSA) is 64.1 Å². The number of nitrogens with one attached hydrogen (secondary N) is 1. The Balaban J connectivity index is 1.74. The van der Waals surface area contributed by atoms with Gasteiger partial charge < -0.3 is 4.74 Å². The first kappa shape index (κ1) is 15.2. The molecule has 1 aromatic heterocycles. The Bertz CT molecular complexity index is 886. The van der Waals surface area contributed by atoms with Crippen LogP contribution in [-0.2, 0) is 4.79 Å². The summed E-state index contributed by atoms with van der Waals surface area (Å²) in [6.45, 7) is 1.84. The largest absolute Gasteiger partial charge is 0.497 e. The van der Waals surface area contributed by atoms with E-state index in [1.807, 2.05) is 43.3 Å². The number of nitrogens with zero attached hydrogens (tertiary/aromatic N) is 2. The highest BCUT2D eigenvalue weighted by atomic mass is 32.1. The van der Waals surface area contributed by atoms with Gasteiger partial charge in [0.15, 0.2) is 0 Å². The Labute approximate surface area is 137 Å². The monoisotopic (exact) mass is 325 g/mol. The molecule has 3 aromatic rings. The minimum Gasteiger partial charge on any atom is -0.497 e. The number of anilines is 1. The average Bonchev–Trinajstić information content (AvgIpc) is 2.97. The van der Waals surface area contributed by atoms with E-state index in [2.05, 4.69) is 15.5 Å². The zero-order valence-corrected chi connectivity index (χ0v) is 13.6. The van der Waals surface area contributed by atoms with Crippen LogP contribution in [0.2, 0.25) is 0 Å². The minimum absolute atomic E-state index is 0.226. The maximum Gasteiger partial charge on any atom is 0.250 e. The summed E-state index contributed by atoms with van der Waals surface area (Å²) < 4.78 is 5.21. The van der Waals surface area contributed by atoms with Gasteiger partial charge in [0.05, 0.1) is 7.11 Å². The van der Waals surface area contributed by atoms with Gasteiger partial charge in [0.2, 0.25) is 11.0 Å². The van der Waals surface area contributed by atoms with Crippen molar-refractivity contribution in [1.29, 1.82) is 0 Å². The molecule has 0 saturated carbocycles. The van der Waals surface area contributed by atoms with Crippen molar-refractivity contribution in [3.05, 3.63) is 53.0 Å². The van der Waals surface area contributed by atoms with Crippen LogP contribution in [-0.4, -0.2) is 23.2 Å². The van der Waals surface area contributed by atoms with Gasteiger partial charge in [-0.2, -0.15) is 0 Å². The Kier molecular flexibility index (Phi) is 4.34. The van der Waals surface area contributed by atoms with E-state index in [1.165, 1.54) is 17.4 Å². The van der Waals surface area contributed by atoms with Crippen LogP contribution in [0.3, 0.4) is 0 Å². The zero-order chi connectivity index (χ0) is 16.2. The minimum atomic E-state index is -0.226. The molecule has 2 aromatic carbocycles. The van der Waals surface area contributed by atoms with E-state index >= 15 is 0 Å². The van der Waals surface area contributed by atoms with Crippen LogP contribution in [0.15, 0.2) is 42.5 Å². The summed E-state index contributed by atoms with van der Waals surface area (Å²) in [5.41, 5.74) is 0.950. The standard InChI is InChI=1S/C17H15N3O2S/c1-11-19-20-17(23-11)18-16(21)8-4-12-3-5-14-10-15(22-2)7-6-13(14)9-12/h3-10H,1-2H3,(H,18,20,21)/b8-4-. The molecule has 23 heavy (non-hydrogen) atoms. The third-order valence-corrected chi connectivity index (χ3v) is 4.01. The number of amides is 1. The van der Waals surface area contributed by atoms with Crippen molar-refractivity contribution < 1.29 is 9.53 Å². The van der Waals surface area contributed by atoms with Crippen LogP contribution in [0.1, 0.15) is 10.6 Å². The van der Waals surface area contributed by atoms with Crippen molar-refractivity contribution in [2.75, 3.05) is 12.4 Å². The summed E-state index contributed by atoms with van der Waals surface area (Å²) in [5, 5.41) is 13.9. The number of carbonyl (C=O) groups is 1. The van der Waals surface area contributed by atoms with Gasteiger partial charge in [-0.05, 0) is 47.5 Å². The van der Waals surface area contributed by atoms with E-state index in [0.717, 1.165) is 27.1 Å². The fourth-order valence-electron chi connectivity index (χ4n) is 2.14. The predicted octanol–water partition coefficient (Wildman–Crippen LogP) is 3.66. The normalized spacial score (nSPS) is 11.0. The molecule has 0 aliphatic carbocycles. The van der Waals surface area contributed by atoms with E-state index in [9.17, 15) is 4.79 Å². The van der Waals surface area contributed by atoms with Crippen LogP contribution in [0.25, 0.3) is 16.8 Å². The van der Waals surface area contributed by atoms with Crippen molar-refractivity contribution in [2.24, 2.45) is 0 Å². The number of fused-ring (bicyclic) bond motifs is 1. The van der Waals surface area contributed by atoms with Crippen molar-refractivity contribution in [3.8, 4) is 5.75 Å². The van der Waals surface area contributed by atoms with Crippen LogP contribution >= 0.6 is 11.3 Å². The lowest BCUT2D eigenvalue weighted by molar-refractivity contribution is -0.111. The first-order chi connectivity index (χ1) is 11.1. The highest BCUT2D eigenvalue weighted by molar-refractivity contribution is 7.15. The molecule has 0 bridgehead atoms. The van der Waals surface area contributed by atoms with Crippen LogP contribution in [0.4, 0.5) is 5.13 Å². The molecule has 0 atom stereocenters. The molecule has 5 nitrogen and oxygen atoms in total. The van der Waals surface area contributed by atoms with E-state index < -0.39 is 0 Å². The van der Waals surface area contributed by atoms with E-state index in [1.54, 1.807) is 13.2 Å². The fraction of sp³-hybridized carbons (Fsp3) is 0.118. The van der Waals surface area contributed by atoms with Gasteiger partial charge in [0, 0.05) is 6.08 Å². The average molecular weight is 325 g/mol. The number of rotatable bonds is 4. The number of carbonyl (C=O) groups excluding carboxylic acids is 1. The summed E-state index contributed by atoms with van der Waals surface area (Å²) >= 11 is 1.34. The SMILES string of the molecule is COc1ccc2cc(/C=C\C(=O)Nc3nnc(C)s3)ccc2c1. The number of hydrogen-bond acceptors (Lipinski definition) is 5. The van der Waals surface area contributed by atoms with Crippen molar-refractivity contribution >= 4 is 39.2 Å². The van der Waals surface area contributed by atoms with Gasteiger partial charge in [-0.3, -0.25) is 10.1 Å². The van der Waals surface area contributed by atoms with Gasteiger partial charge in [-0.25, -0.2) is 0 Å². The summed E-state index contributed by atoms with van der Waals surface area (Å²) in [6, 6.07) is 11.9. The molecule has 0 fully saturated rings. The highest BCUT2D eigenvalue weighted by Gasteiger charge is 2.03. The summed E-state index contributed by atoms with van der Waals surface area (Å²) in [4.78, 5) is 11.9. The highest BCUT2D eigenvalue weighted by Crippen LogP contribution is 2.22. The quantitative estimate of drug-likeness (QED) is 0.744. The fourth-order valence-corrected chi connectivity index (χ4v) is 2.73. The number of ether oxygens (including phenoxy) is 1. The van der Waals surface area contributed by atoms with Gasteiger partial charge in [0.25, 0.3) is 0 Å². The van der Waals surface area contributed by atoms with Crippen molar-refractivity contribution in [2.45, 2.75) is 6.92 Å². The summed E-state index contributed by atoms with van der Waals surface area (Å²) in [6.07, 6.45) is 3.26. The summed E-state index contributed by atoms with van der Waals surface area (Å²) in [5.74, 6) is 0.600. The molecule has 0 spiro atoms. The molecule has 1 heterocycles. The number of methoxy groups -OCH3 is 1. The van der Waals surface area contributed by atoms with E-state index in [-0.39, 0.29) is 5.91 Å². The maximum atomic E-state index is 11.9. The molecule has 116 valence electrons. The van der Waals surface area contributed by atoms with Gasteiger partial charge in [0.1, 0.15) is 10.8 Å². The third kappa shape index (κ3) is 3.73. The lowest BCUT2D eigenvalue weighted by Gasteiger charge is -2.03. The van der Waals surface area contributed by atoms with E-state index in [0.29, 0.717) is 5.13 Å². The molecule has 0 unspecified atom stereocenters. The molecule has 6 heteroatoms. The number of aromatic nitrogens is 2. The Morgan fingerprint density at radius 2 is 1.96 bits per heavy atom. The Morgan fingerprint density at radius 1 is 1.17 bits per heavy atom. The molecular formula is C17H15N3O2S.